The van der Waals surface area contributed by atoms with E-state index in [1.165, 1.54) is 19.3 Å². The van der Waals surface area contributed by atoms with Crippen molar-refractivity contribution in [3.8, 4) is 0 Å². The zero-order valence-corrected chi connectivity index (χ0v) is 11.1. The van der Waals surface area contributed by atoms with Crippen LogP contribution in [0.2, 0.25) is 0 Å². The number of hydrogen-bond donors (Lipinski definition) is 1. The molecule has 1 aromatic rings. The molecular weight excluding hydrogens is 228 g/mol. The van der Waals surface area contributed by atoms with Gasteiger partial charge in [-0.05, 0) is 44.5 Å². The molecule has 0 saturated carbocycles. The Morgan fingerprint density at radius 3 is 2.83 bits per heavy atom. The minimum absolute atomic E-state index is 0.109. The van der Waals surface area contributed by atoms with Crippen LogP contribution in [0.1, 0.15) is 48.9 Å². The standard InChI is InChI=1S/C14H22N2O2/c1-2-8-15-14(17)13-7-6-12(18-13)11-16-9-4-3-5-10-16/h6-7H,2-5,8-11H2,1H3,(H,15,17). The first kappa shape index (κ1) is 13.1. The average molecular weight is 250 g/mol. The van der Waals surface area contributed by atoms with E-state index < -0.39 is 0 Å². The van der Waals surface area contributed by atoms with E-state index in [1.54, 1.807) is 6.07 Å². The van der Waals surface area contributed by atoms with Gasteiger partial charge in [-0.15, -0.1) is 0 Å². The zero-order chi connectivity index (χ0) is 12.8. The van der Waals surface area contributed by atoms with E-state index in [4.69, 9.17) is 4.42 Å². The van der Waals surface area contributed by atoms with Crippen molar-refractivity contribution >= 4 is 5.91 Å². The second kappa shape index (κ2) is 6.59. The number of nitrogens with zero attached hydrogens (tertiary/aromatic N) is 1. The van der Waals surface area contributed by atoms with Gasteiger partial charge in [-0.3, -0.25) is 9.69 Å². The van der Waals surface area contributed by atoms with Crippen LogP contribution >= 0.6 is 0 Å². The molecule has 0 bridgehead atoms. The third-order valence-electron chi connectivity index (χ3n) is 3.25. The molecule has 1 amide bonds. The molecule has 2 heterocycles. The van der Waals surface area contributed by atoms with Crippen molar-refractivity contribution in [2.24, 2.45) is 0 Å². The van der Waals surface area contributed by atoms with Gasteiger partial charge in [0.1, 0.15) is 5.76 Å². The monoisotopic (exact) mass is 250 g/mol. The van der Waals surface area contributed by atoms with Crippen LogP contribution in [-0.4, -0.2) is 30.4 Å². The number of rotatable bonds is 5. The normalized spacial score (nSPS) is 16.7. The van der Waals surface area contributed by atoms with Crippen LogP contribution < -0.4 is 5.32 Å². The molecule has 1 aromatic heterocycles. The minimum atomic E-state index is -0.109. The van der Waals surface area contributed by atoms with Gasteiger partial charge in [0, 0.05) is 6.54 Å². The Balaban J connectivity index is 1.86. The second-order valence-corrected chi connectivity index (χ2v) is 4.86. The van der Waals surface area contributed by atoms with Crippen LogP contribution in [0.5, 0.6) is 0 Å². The summed E-state index contributed by atoms with van der Waals surface area (Å²) >= 11 is 0. The first-order valence-corrected chi connectivity index (χ1v) is 6.89. The van der Waals surface area contributed by atoms with Gasteiger partial charge in [-0.2, -0.15) is 0 Å². The number of hydrogen-bond acceptors (Lipinski definition) is 3. The third-order valence-corrected chi connectivity index (χ3v) is 3.25. The molecule has 0 aliphatic carbocycles. The Morgan fingerprint density at radius 1 is 1.33 bits per heavy atom. The van der Waals surface area contributed by atoms with E-state index in [0.29, 0.717) is 12.3 Å². The second-order valence-electron chi connectivity index (χ2n) is 4.86. The number of carbonyl (C=O) groups excluding carboxylic acids is 1. The highest BCUT2D eigenvalue weighted by molar-refractivity contribution is 5.91. The summed E-state index contributed by atoms with van der Waals surface area (Å²) in [5.41, 5.74) is 0. The number of carbonyl (C=O) groups is 1. The Hall–Kier alpha value is -1.29. The number of furan rings is 1. The lowest BCUT2D eigenvalue weighted by atomic mass is 10.1. The Morgan fingerprint density at radius 2 is 2.11 bits per heavy atom. The Bertz CT molecular complexity index is 381. The fraction of sp³-hybridized carbons (Fsp3) is 0.643. The summed E-state index contributed by atoms with van der Waals surface area (Å²) < 4.78 is 5.59. The molecule has 2 rings (SSSR count). The highest BCUT2D eigenvalue weighted by Crippen LogP contribution is 2.15. The molecule has 4 heteroatoms. The topological polar surface area (TPSA) is 45.5 Å². The van der Waals surface area contributed by atoms with Gasteiger partial charge in [0.2, 0.25) is 0 Å². The molecule has 1 N–H and O–H groups in total. The molecular formula is C14H22N2O2. The van der Waals surface area contributed by atoms with E-state index in [9.17, 15) is 4.79 Å². The molecule has 100 valence electrons. The van der Waals surface area contributed by atoms with Crippen molar-refractivity contribution in [3.63, 3.8) is 0 Å². The van der Waals surface area contributed by atoms with Crippen molar-refractivity contribution in [2.45, 2.75) is 39.2 Å². The summed E-state index contributed by atoms with van der Waals surface area (Å²) in [5, 5.41) is 2.82. The van der Waals surface area contributed by atoms with Crippen LogP contribution in [0.3, 0.4) is 0 Å². The molecule has 0 radical (unpaired) electrons. The van der Waals surface area contributed by atoms with Crippen LogP contribution in [-0.2, 0) is 6.54 Å². The molecule has 1 fully saturated rings. The molecule has 0 unspecified atom stereocenters. The van der Waals surface area contributed by atoms with Gasteiger partial charge < -0.3 is 9.73 Å². The maximum Gasteiger partial charge on any atom is 0.286 e. The summed E-state index contributed by atoms with van der Waals surface area (Å²) in [4.78, 5) is 14.1. The Labute approximate surface area is 108 Å². The first-order valence-electron chi connectivity index (χ1n) is 6.89. The number of nitrogens with one attached hydrogen (secondary N) is 1. The van der Waals surface area contributed by atoms with Gasteiger partial charge in [0.15, 0.2) is 5.76 Å². The highest BCUT2D eigenvalue weighted by atomic mass is 16.4. The van der Waals surface area contributed by atoms with Crippen LogP contribution in [0.15, 0.2) is 16.5 Å². The molecule has 0 aromatic carbocycles. The largest absolute Gasteiger partial charge is 0.455 e. The summed E-state index contributed by atoms with van der Waals surface area (Å²) in [6, 6.07) is 3.68. The number of piperidine rings is 1. The molecule has 1 saturated heterocycles. The van der Waals surface area contributed by atoms with E-state index in [-0.39, 0.29) is 5.91 Å². The number of likely N-dealkylation sites (tertiary alicyclic amines) is 1. The molecule has 18 heavy (non-hydrogen) atoms. The predicted molar refractivity (Wildman–Crippen MR) is 70.5 cm³/mol. The predicted octanol–water partition coefficient (Wildman–Crippen LogP) is 2.41. The van der Waals surface area contributed by atoms with Gasteiger partial charge in [-0.25, -0.2) is 0 Å². The van der Waals surface area contributed by atoms with Gasteiger partial charge in [0.25, 0.3) is 5.91 Å². The van der Waals surface area contributed by atoms with Crippen molar-refractivity contribution < 1.29 is 9.21 Å². The van der Waals surface area contributed by atoms with Crippen molar-refractivity contribution in [2.75, 3.05) is 19.6 Å². The van der Waals surface area contributed by atoms with Crippen LogP contribution in [0.25, 0.3) is 0 Å². The fourth-order valence-corrected chi connectivity index (χ4v) is 2.25. The van der Waals surface area contributed by atoms with E-state index in [2.05, 4.69) is 10.2 Å². The lowest BCUT2D eigenvalue weighted by molar-refractivity contribution is 0.0921. The smallest absolute Gasteiger partial charge is 0.286 e. The highest BCUT2D eigenvalue weighted by Gasteiger charge is 2.14. The SMILES string of the molecule is CCCNC(=O)c1ccc(CN2CCCCC2)o1. The van der Waals surface area contributed by atoms with Gasteiger partial charge in [0.05, 0.1) is 6.54 Å². The minimum Gasteiger partial charge on any atom is -0.455 e. The quantitative estimate of drug-likeness (QED) is 0.873. The van der Waals surface area contributed by atoms with Gasteiger partial charge >= 0.3 is 0 Å². The Kier molecular flexibility index (Phi) is 4.81. The van der Waals surface area contributed by atoms with Crippen LogP contribution in [0.4, 0.5) is 0 Å². The van der Waals surface area contributed by atoms with Crippen LogP contribution in [0, 0.1) is 0 Å². The molecule has 4 nitrogen and oxygen atoms in total. The molecule has 1 aliphatic rings. The number of amides is 1. The van der Waals surface area contributed by atoms with E-state index >= 15 is 0 Å². The lowest BCUT2D eigenvalue weighted by Gasteiger charge is -2.25. The van der Waals surface area contributed by atoms with E-state index in [1.807, 2.05) is 13.0 Å². The van der Waals surface area contributed by atoms with E-state index in [0.717, 1.165) is 31.8 Å². The molecule has 0 atom stereocenters. The summed E-state index contributed by atoms with van der Waals surface area (Å²) in [7, 11) is 0. The molecule has 0 spiro atoms. The fourth-order valence-electron chi connectivity index (χ4n) is 2.25. The van der Waals surface area contributed by atoms with Crippen molar-refractivity contribution in [3.05, 3.63) is 23.7 Å². The summed E-state index contributed by atoms with van der Waals surface area (Å²) in [6.07, 6.45) is 4.81. The van der Waals surface area contributed by atoms with Crippen molar-refractivity contribution in [1.82, 2.24) is 10.2 Å². The first-order chi connectivity index (χ1) is 8.79. The third kappa shape index (κ3) is 3.60. The maximum absolute atomic E-state index is 11.7. The molecule has 1 aliphatic heterocycles. The lowest BCUT2D eigenvalue weighted by Crippen LogP contribution is -2.28. The summed E-state index contributed by atoms with van der Waals surface area (Å²) in [6.45, 7) is 5.82. The van der Waals surface area contributed by atoms with Crippen molar-refractivity contribution in [1.29, 1.82) is 0 Å². The van der Waals surface area contributed by atoms with Gasteiger partial charge in [-0.1, -0.05) is 13.3 Å². The average Bonchev–Trinajstić information content (AvgIpc) is 2.86. The summed E-state index contributed by atoms with van der Waals surface area (Å²) in [5.74, 6) is 1.20. The zero-order valence-electron chi connectivity index (χ0n) is 11.1. The maximum atomic E-state index is 11.7.